The van der Waals surface area contributed by atoms with E-state index in [2.05, 4.69) is 204 Å². The Morgan fingerprint density at radius 1 is 0.316 bits per heavy atom. The zero-order valence-corrected chi connectivity index (χ0v) is 31.3. The molecule has 4 nitrogen and oxygen atoms in total. The quantitative estimate of drug-likeness (QED) is 0.171. The van der Waals surface area contributed by atoms with Crippen molar-refractivity contribution in [3.8, 4) is 56.4 Å². The summed E-state index contributed by atoms with van der Waals surface area (Å²) < 4.78 is 4.77. The van der Waals surface area contributed by atoms with Gasteiger partial charge in [0.15, 0.2) is 5.82 Å². The number of hydrogen-bond acceptors (Lipinski definition) is 2. The third-order valence-corrected chi connectivity index (χ3v) is 11.2. The van der Waals surface area contributed by atoms with E-state index < -0.39 is 0 Å². The molecular weight excluding hydrogens is 693 g/mol. The fourth-order valence-corrected chi connectivity index (χ4v) is 8.43. The zero-order valence-electron chi connectivity index (χ0n) is 31.3. The second kappa shape index (κ2) is 13.3. The van der Waals surface area contributed by atoms with Crippen LogP contribution in [0.5, 0.6) is 0 Å². The summed E-state index contributed by atoms with van der Waals surface area (Å²) in [7, 11) is 0. The summed E-state index contributed by atoms with van der Waals surface area (Å²) in [5.74, 6) is 0.693. The van der Waals surface area contributed by atoms with Crippen LogP contribution in [0.1, 0.15) is 5.56 Å². The van der Waals surface area contributed by atoms with Crippen LogP contribution in [-0.4, -0.2) is 19.1 Å². The van der Waals surface area contributed by atoms with Crippen molar-refractivity contribution in [1.29, 1.82) is 0 Å². The van der Waals surface area contributed by atoms with Crippen molar-refractivity contribution in [3.05, 3.63) is 206 Å². The highest BCUT2D eigenvalue weighted by molar-refractivity contribution is 6.12. The van der Waals surface area contributed by atoms with E-state index in [1.54, 1.807) is 0 Å². The van der Waals surface area contributed by atoms with E-state index in [1.807, 2.05) is 12.1 Å². The summed E-state index contributed by atoms with van der Waals surface area (Å²) in [6.45, 7) is 2.14. The van der Waals surface area contributed by atoms with E-state index in [0.29, 0.717) is 5.82 Å². The van der Waals surface area contributed by atoms with Crippen LogP contribution in [0, 0.1) is 6.92 Å². The van der Waals surface area contributed by atoms with Crippen molar-refractivity contribution in [2.24, 2.45) is 0 Å². The molecule has 0 unspecified atom stereocenters. The van der Waals surface area contributed by atoms with Crippen LogP contribution in [0.3, 0.4) is 0 Å². The first-order valence-corrected chi connectivity index (χ1v) is 19.4. The summed E-state index contributed by atoms with van der Waals surface area (Å²) in [5.41, 5.74) is 15.4. The van der Waals surface area contributed by atoms with Crippen LogP contribution < -0.4 is 0 Å². The molecular formula is C53H36N4. The lowest BCUT2D eigenvalue weighted by atomic mass is 10.0. The molecule has 0 saturated heterocycles. The van der Waals surface area contributed by atoms with Crippen LogP contribution in [0.4, 0.5) is 0 Å². The van der Waals surface area contributed by atoms with Crippen molar-refractivity contribution in [3.63, 3.8) is 0 Å². The first-order chi connectivity index (χ1) is 28.2. The summed E-state index contributed by atoms with van der Waals surface area (Å²) >= 11 is 0. The molecule has 0 N–H and O–H groups in total. The van der Waals surface area contributed by atoms with Gasteiger partial charge >= 0.3 is 0 Å². The SMILES string of the molecule is Cc1ccc(-n2c3ccccc3c3ccc(-c4ccc5c(c4)c4ccccc4n5-c4cccc(-c5nc(-c6ccccc6)cc(-c6ccccc6)n5)c4)cc32)cc1. The molecule has 268 valence electrons. The van der Waals surface area contributed by atoms with Crippen LogP contribution in [0.15, 0.2) is 200 Å². The molecule has 0 saturated carbocycles. The lowest BCUT2D eigenvalue weighted by Crippen LogP contribution is -1.98. The second-order valence-corrected chi connectivity index (χ2v) is 14.7. The molecule has 0 fully saturated rings. The van der Waals surface area contributed by atoms with E-state index in [9.17, 15) is 0 Å². The molecule has 0 amide bonds. The van der Waals surface area contributed by atoms with Crippen LogP contribution in [0.25, 0.3) is 100 Å². The Morgan fingerprint density at radius 2 is 0.842 bits per heavy atom. The highest BCUT2D eigenvalue weighted by Gasteiger charge is 2.17. The number of aromatic nitrogens is 4. The Bertz CT molecular complexity index is 3230. The molecule has 0 atom stereocenters. The number of hydrogen-bond donors (Lipinski definition) is 0. The van der Waals surface area contributed by atoms with E-state index in [1.165, 1.54) is 49.3 Å². The van der Waals surface area contributed by atoms with Gasteiger partial charge in [-0.05, 0) is 78.7 Å². The molecule has 0 radical (unpaired) electrons. The summed E-state index contributed by atoms with van der Waals surface area (Å²) in [6.07, 6.45) is 0. The number of rotatable bonds is 6. The van der Waals surface area contributed by atoms with Gasteiger partial charge in [0.25, 0.3) is 0 Å². The molecule has 0 aliphatic carbocycles. The predicted octanol–water partition coefficient (Wildman–Crippen LogP) is 13.6. The van der Waals surface area contributed by atoms with E-state index >= 15 is 0 Å². The Kier molecular flexibility index (Phi) is 7.68. The first kappa shape index (κ1) is 32.8. The number of para-hydroxylation sites is 2. The topological polar surface area (TPSA) is 35.6 Å². The molecule has 3 heterocycles. The van der Waals surface area contributed by atoms with Gasteiger partial charge in [0.05, 0.1) is 33.5 Å². The highest BCUT2D eigenvalue weighted by atomic mass is 15.0. The van der Waals surface area contributed by atoms with Crippen LogP contribution in [0.2, 0.25) is 0 Å². The maximum atomic E-state index is 5.13. The molecule has 0 aliphatic rings. The molecule has 3 aromatic heterocycles. The average molecular weight is 729 g/mol. The highest BCUT2D eigenvalue weighted by Crippen LogP contribution is 2.39. The number of fused-ring (bicyclic) bond motifs is 6. The minimum Gasteiger partial charge on any atom is -0.309 e. The Balaban J connectivity index is 1.05. The molecule has 11 rings (SSSR count). The van der Waals surface area contributed by atoms with Crippen molar-refractivity contribution >= 4 is 43.6 Å². The second-order valence-electron chi connectivity index (χ2n) is 14.7. The van der Waals surface area contributed by atoms with Crippen molar-refractivity contribution in [1.82, 2.24) is 19.1 Å². The molecule has 57 heavy (non-hydrogen) atoms. The van der Waals surface area contributed by atoms with Crippen molar-refractivity contribution < 1.29 is 0 Å². The molecule has 0 spiro atoms. The summed E-state index contributed by atoms with van der Waals surface area (Å²) in [5, 5.41) is 4.93. The fraction of sp³-hybridized carbons (Fsp3) is 0.0189. The fourth-order valence-electron chi connectivity index (χ4n) is 8.43. The molecule has 8 aromatic carbocycles. The smallest absolute Gasteiger partial charge is 0.160 e. The van der Waals surface area contributed by atoms with Gasteiger partial charge in [0.1, 0.15) is 0 Å². The maximum Gasteiger partial charge on any atom is 0.160 e. The summed E-state index contributed by atoms with van der Waals surface area (Å²) in [6, 6.07) is 71.4. The molecule has 0 bridgehead atoms. The number of benzene rings is 8. The van der Waals surface area contributed by atoms with Gasteiger partial charge in [-0.1, -0.05) is 145 Å². The first-order valence-electron chi connectivity index (χ1n) is 19.4. The zero-order chi connectivity index (χ0) is 37.9. The van der Waals surface area contributed by atoms with Gasteiger partial charge in [-0.15, -0.1) is 0 Å². The Morgan fingerprint density at radius 3 is 1.53 bits per heavy atom. The number of nitrogens with zero attached hydrogens (tertiary/aromatic N) is 4. The Labute approximate surface area is 330 Å². The van der Waals surface area contributed by atoms with Crippen molar-refractivity contribution in [2.45, 2.75) is 6.92 Å². The molecule has 4 heteroatoms. The maximum absolute atomic E-state index is 5.13. The monoisotopic (exact) mass is 728 g/mol. The van der Waals surface area contributed by atoms with Gasteiger partial charge in [0.2, 0.25) is 0 Å². The van der Waals surface area contributed by atoms with Crippen LogP contribution >= 0.6 is 0 Å². The third kappa shape index (κ3) is 5.61. The molecule has 0 aliphatic heterocycles. The number of aryl methyl sites for hydroxylation is 1. The van der Waals surface area contributed by atoms with Crippen molar-refractivity contribution in [2.75, 3.05) is 0 Å². The van der Waals surface area contributed by atoms with E-state index in [4.69, 9.17) is 9.97 Å². The lowest BCUT2D eigenvalue weighted by molar-refractivity contribution is 1.16. The van der Waals surface area contributed by atoms with Gasteiger partial charge in [0, 0.05) is 49.6 Å². The predicted molar refractivity (Wildman–Crippen MR) is 237 cm³/mol. The van der Waals surface area contributed by atoms with Crippen LogP contribution in [-0.2, 0) is 0 Å². The minimum atomic E-state index is 0.693. The minimum absolute atomic E-state index is 0.693. The van der Waals surface area contributed by atoms with Gasteiger partial charge in [-0.2, -0.15) is 0 Å². The Hall–Kier alpha value is -7.56. The lowest BCUT2D eigenvalue weighted by Gasteiger charge is -2.12. The largest absolute Gasteiger partial charge is 0.309 e. The van der Waals surface area contributed by atoms with E-state index in [-0.39, 0.29) is 0 Å². The third-order valence-electron chi connectivity index (χ3n) is 11.2. The van der Waals surface area contributed by atoms with Gasteiger partial charge in [-0.25, -0.2) is 9.97 Å². The van der Waals surface area contributed by atoms with Gasteiger partial charge < -0.3 is 9.13 Å². The normalized spacial score (nSPS) is 11.6. The molecule has 11 aromatic rings. The van der Waals surface area contributed by atoms with Gasteiger partial charge in [-0.3, -0.25) is 0 Å². The summed E-state index contributed by atoms with van der Waals surface area (Å²) in [4.78, 5) is 10.3. The average Bonchev–Trinajstić information content (AvgIpc) is 3.79. The standard InChI is InChI=1S/C53H36N4/c1-35-23-27-41(28-24-35)56-49-21-10-8-19-43(49)45-29-25-39(33-52(45)56)38-26-30-51-46(32-38)44-20-9-11-22-50(44)57(51)42-18-12-17-40(31-42)53-54-47(36-13-4-2-5-14-36)34-48(55-53)37-15-6-3-7-16-37/h2-34H,1H3. The van der Waals surface area contributed by atoms with E-state index in [0.717, 1.165) is 50.5 Å².